The topological polar surface area (TPSA) is 110 Å². The van der Waals surface area contributed by atoms with Crippen molar-refractivity contribution < 1.29 is 9.32 Å². The summed E-state index contributed by atoms with van der Waals surface area (Å²) in [6, 6.07) is 4.02. The molecule has 3 N–H and O–H groups in total. The van der Waals surface area contributed by atoms with Gasteiger partial charge in [-0.25, -0.2) is 4.98 Å². The third-order valence-corrected chi connectivity index (χ3v) is 5.03. The molecule has 2 saturated heterocycles. The molecule has 2 aromatic heterocycles. The summed E-state index contributed by atoms with van der Waals surface area (Å²) in [5.41, 5.74) is 6.28. The normalized spacial score (nSPS) is 21.6. The lowest BCUT2D eigenvalue weighted by molar-refractivity contribution is -0.122. The second-order valence-corrected chi connectivity index (χ2v) is 6.67. The lowest BCUT2D eigenvalue weighted by Gasteiger charge is -2.31. The number of nitrogens with two attached hydrogens (primary N) is 1. The van der Waals surface area contributed by atoms with Crippen LogP contribution in [0.1, 0.15) is 37.6 Å². The van der Waals surface area contributed by atoms with Gasteiger partial charge in [0, 0.05) is 30.8 Å². The Morgan fingerprint density at radius 1 is 1.32 bits per heavy atom. The number of aromatic nitrogens is 3. The van der Waals surface area contributed by atoms with Gasteiger partial charge in [0.1, 0.15) is 5.82 Å². The average Bonchev–Trinajstić information content (AvgIpc) is 3.33. The van der Waals surface area contributed by atoms with Crippen LogP contribution in [0.3, 0.4) is 0 Å². The summed E-state index contributed by atoms with van der Waals surface area (Å²) in [5.74, 6) is 1.86. The van der Waals surface area contributed by atoms with Crippen LogP contribution in [0.5, 0.6) is 0 Å². The first-order valence-electron chi connectivity index (χ1n) is 8.78. The number of carbonyl (C=O) groups is 1. The van der Waals surface area contributed by atoms with Crippen LogP contribution in [0, 0.1) is 5.92 Å². The average molecular weight is 342 g/mol. The number of hydrogen-bond donors (Lipinski definition) is 2. The Kier molecular flexibility index (Phi) is 4.35. The van der Waals surface area contributed by atoms with E-state index in [4.69, 9.17) is 10.3 Å². The first-order valence-corrected chi connectivity index (χ1v) is 8.78. The molecular weight excluding hydrogens is 320 g/mol. The van der Waals surface area contributed by atoms with Crippen molar-refractivity contribution in [3.05, 3.63) is 24.2 Å². The molecule has 0 spiro atoms. The van der Waals surface area contributed by atoms with Crippen molar-refractivity contribution in [1.29, 1.82) is 0 Å². The van der Waals surface area contributed by atoms with Crippen molar-refractivity contribution in [2.45, 2.75) is 31.7 Å². The predicted molar refractivity (Wildman–Crippen MR) is 91.6 cm³/mol. The van der Waals surface area contributed by atoms with Crippen molar-refractivity contribution in [1.82, 2.24) is 20.4 Å². The summed E-state index contributed by atoms with van der Waals surface area (Å²) in [7, 11) is 0. The number of primary amides is 1. The van der Waals surface area contributed by atoms with E-state index < -0.39 is 0 Å². The molecule has 2 aliphatic heterocycles. The van der Waals surface area contributed by atoms with E-state index in [1.54, 1.807) is 6.20 Å². The molecule has 0 bridgehead atoms. The Balaban J connectivity index is 1.49. The molecule has 25 heavy (non-hydrogen) atoms. The van der Waals surface area contributed by atoms with E-state index in [9.17, 15) is 4.79 Å². The summed E-state index contributed by atoms with van der Waals surface area (Å²) in [5, 5.41) is 7.48. The van der Waals surface area contributed by atoms with Gasteiger partial charge in [-0.3, -0.25) is 4.79 Å². The van der Waals surface area contributed by atoms with Gasteiger partial charge in [0.25, 0.3) is 0 Å². The molecule has 1 atom stereocenters. The predicted octanol–water partition coefficient (Wildman–Crippen LogP) is 1.26. The van der Waals surface area contributed by atoms with Crippen LogP contribution in [0.2, 0.25) is 0 Å². The van der Waals surface area contributed by atoms with E-state index in [1.165, 1.54) is 0 Å². The van der Waals surface area contributed by atoms with Crippen LogP contribution in [0.25, 0.3) is 11.4 Å². The fourth-order valence-corrected chi connectivity index (χ4v) is 3.51. The molecule has 2 fully saturated rings. The summed E-state index contributed by atoms with van der Waals surface area (Å²) in [4.78, 5) is 22.5. The Bertz CT molecular complexity index is 747. The lowest BCUT2D eigenvalue weighted by Crippen LogP contribution is -2.38. The quantitative estimate of drug-likeness (QED) is 0.860. The van der Waals surface area contributed by atoms with E-state index in [-0.39, 0.29) is 17.9 Å². The van der Waals surface area contributed by atoms with Crippen LogP contribution in [-0.2, 0) is 4.79 Å². The number of nitrogens with zero attached hydrogens (tertiary/aromatic N) is 4. The minimum absolute atomic E-state index is 0.0295. The molecule has 0 saturated carbocycles. The summed E-state index contributed by atoms with van der Waals surface area (Å²) < 4.78 is 5.42. The number of anilines is 1. The van der Waals surface area contributed by atoms with Gasteiger partial charge in [-0.05, 0) is 44.4 Å². The Labute approximate surface area is 145 Å². The van der Waals surface area contributed by atoms with Gasteiger partial charge in [0.05, 0.1) is 6.04 Å². The molecule has 4 rings (SSSR count). The molecule has 2 aliphatic rings. The molecule has 2 aromatic rings. The molecule has 0 unspecified atom stereocenters. The van der Waals surface area contributed by atoms with Crippen LogP contribution >= 0.6 is 0 Å². The van der Waals surface area contributed by atoms with Gasteiger partial charge in [0.2, 0.25) is 17.6 Å². The molecule has 8 heteroatoms. The van der Waals surface area contributed by atoms with E-state index in [0.29, 0.717) is 11.7 Å². The zero-order chi connectivity index (χ0) is 17.2. The maximum absolute atomic E-state index is 11.3. The molecule has 1 amide bonds. The maximum Gasteiger partial charge on any atom is 0.244 e. The molecule has 0 radical (unpaired) electrons. The molecular formula is C17H22N6O2. The minimum atomic E-state index is -0.207. The third kappa shape index (κ3) is 3.34. The van der Waals surface area contributed by atoms with Crippen molar-refractivity contribution in [3.63, 3.8) is 0 Å². The van der Waals surface area contributed by atoms with Crippen molar-refractivity contribution >= 4 is 11.7 Å². The fourth-order valence-electron chi connectivity index (χ4n) is 3.51. The van der Waals surface area contributed by atoms with E-state index >= 15 is 0 Å². The highest BCUT2D eigenvalue weighted by atomic mass is 16.5. The Morgan fingerprint density at radius 2 is 2.16 bits per heavy atom. The molecule has 4 heterocycles. The largest absolute Gasteiger partial charge is 0.369 e. The lowest BCUT2D eigenvalue weighted by atomic mass is 9.96. The highest BCUT2D eigenvalue weighted by molar-refractivity contribution is 5.77. The van der Waals surface area contributed by atoms with Gasteiger partial charge in [-0.2, -0.15) is 4.98 Å². The number of nitrogens with one attached hydrogen (secondary N) is 1. The molecule has 0 aliphatic carbocycles. The van der Waals surface area contributed by atoms with Gasteiger partial charge in [0.15, 0.2) is 0 Å². The summed E-state index contributed by atoms with van der Waals surface area (Å²) >= 11 is 0. The summed E-state index contributed by atoms with van der Waals surface area (Å²) in [6.07, 6.45) is 5.44. The SMILES string of the molecule is NC(=O)C1CCN(c2cc(-c3noc([C@@H]4CCCN4)n3)ccn2)CC1. The van der Waals surface area contributed by atoms with Crippen molar-refractivity contribution in [3.8, 4) is 11.4 Å². The maximum atomic E-state index is 11.3. The zero-order valence-electron chi connectivity index (χ0n) is 14.0. The summed E-state index contributed by atoms with van der Waals surface area (Å²) in [6.45, 7) is 2.53. The first kappa shape index (κ1) is 16.0. The van der Waals surface area contributed by atoms with Gasteiger partial charge in [-0.1, -0.05) is 5.16 Å². The van der Waals surface area contributed by atoms with Crippen LogP contribution in [0.4, 0.5) is 5.82 Å². The van der Waals surface area contributed by atoms with Crippen molar-refractivity contribution in [2.75, 3.05) is 24.5 Å². The van der Waals surface area contributed by atoms with Gasteiger partial charge < -0.3 is 20.5 Å². The zero-order valence-corrected chi connectivity index (χ0v) is 14.0. The number of piperidine rings is 1. The smallest absolute Gasteiger partial charge is 0.244 e. The number of rotatable bonds is 4. The standard InChI is InChI=1S/C17H22N6O2/c18-15(24)11-4-8-23(9-5-11)14-10-12(3-7-20-14)16-21-17(25-22-16)13-2-1-6-19-13/h3,7,10-11,13,19H,1-2,4-6,8-9H2,(H2,18,24)/t13-/m0/s1. The first-order chi connectivity index (χ1) is 12.2. The van der Waals surface area contributed by atoms with E-state index in [1.807, 2.05) is 12.1 Å². The minimum Gasteiger partial charge on any atom is -0.369 e. The Hall–Kier alpha value is -2.48. The van der Waals surface area contributed by atoms with Gasteiger partial charge in [-0.15, -0.1) is 0 Å². The van der Waals surface area contributed by atoms with Crippen LogP contribution < -0.4 is 16.0 Å². The second kappa shape index (κ2) is 6.79. The van der Waals surface area contributed by atoms with Gasteiger partial charge >= 0.3 is 0 Å². The van der Waals surface area contributed by atoms with E-state index in [2.05, 4.69) is 25.3 Å². The monoisotopic (exact) mass is 342 g/mol. The molecule has 0 aromatic carbocycles. The number of hydrogen-bond acceptors (Lipinski definition) is 7. The number of pyridine rings is 1. The van der Waals surface area contributed by atoms with E-state index in [0.717, 1.165) is 56.7 Å². The molecule has 8 nitrogen and oxygen atoms in total. The van der Waals surface area contributed by atoms with Crippen molar-refractivity contribution in [2.24, 2.45) is 11.7 Å². The highest BCUT2D eigenvalue weighted by Crippen LogP contribution is 2.27. The molecule has 132 valence electrons. The Morgan fingerprint density at radius 3 is 2.88 bits per heavy atom. The number of carbonyl (C=O) groups excluding carboxylic acids is 1. The van der Waals surface area contributed by atoms with Crippen LogP contribution in [0.15, 0.2) is 22.9 Å². The fraction of sp³-hybridized carbons (Fsp3) is 0.529. The second-order valence-electron chi connectivity index (χ2n) is 6.67. The highest BCUT2D eigenvalue weighted by Gasteiger charge is 2.25. The van der Waals surface area contributed by atoms with Crippen LogP contribution in [-0.4, -0.2) is 40.7 Å². The number of amides is 1. The third-order valence-electron chi connectivity index (χ3n) is 5.03.